The van der Waals surface area contributed by atoms with Crippen LogP contribution in [0.4, 0.5) is 19.0 Å². The average Bonchev–Trinajstić information content (AvgIpc) is 3.36. The third-order valence-electron chi connectivity index (χ3n) is 6.52. The number of hydrogen-bond acceptors (Lipinski definition) is 6. The number of piperidine rings is 1. The van der Waals surface area contributed by atoms with Crippen molar-refractivity contribution in [2.75, 3.05) is 24.2 Å². The van der Waals surface area contributed by atoms with Crippen LogP contribution in [0.5, 0.6) is 0 Å². The summed E-state index contributed by atoms with van der Waals surface area (Å²) in [5.74, 6) is 0.869. The molecule has 0 spiro atoms. The molecule has 6 nitrogen and oxygen atoms in total. The summed E-state index contributed by atoms with van der Waals surface area (Å²) < 4.78 is 44.6. The van der Waals surface area contributed by atoms with Crippen LogP contribution < -0.4 is 10.2 Å². The van der Waals surface area contributed by atoms with Crippen LogP contribution in [0.25, 0.3) is 22.4 Å². The molecule has 10 heteroatoms. The first-order chi connectivity index (χ1) is 17.8. The second-order valence-electron chi connectivity index (χ2n) is 8.95. The van der Waals surface area contributed by atoms with Gasteiger partial charge in [0.1, 0.15) is 17.9 Å². The highest BCUT2D eigenvalue weighted by molar-refractivity contribution is 7.98. The Bertz CT molecular complexity index is 1390. The molecule has 1 saturated heterocycles. The number of furan rings is 1. The molecular weight excluding hydrogens is 501 g/mol. The Balaban J connectivity index is 1.30. The van der Waals surface area contributed by atoms with Crippen LogP contribution in [0.15, 0.2) is 70.2 Å². The second-order valence-corrected chi connectivity index (χ2v) is 9.83. The molecule has 1 fully saturated rings. The molecular formula is C27H25F3N4O2S. The van der Waals surface area contributed by atoms with Gasteiger partial charge in [-0.1, -0.05) is 24.3 Å². The van der Waals surface area contributed by atoms with Gasteiger partial charge >= 0.3 is 6.18 Å². The van der Waals surface area contributed by atoms with Gasteiger partial charge in [-0.15, -0.1) is 11.8 Å². The Hall–Kier alpha value is -3.53. The summed E-state index contributed by atoms with van der Waals surface area (Å²) in [7, 11) is 0. The summed E-state index contributed by atoms with van der Waals surface area (Å²) in [5, 5.41) is 3.71. The Morgan fingerprint density at radius 3 is 2.59 bits per heavy atom. The van der Waals surface area contributed by atoms with Gasteiger partial charge in [-0.05, 0) is 55.0 Å². The highest BCUT2D eigenvalue weighted by atomic mass is 32.2. The lowest BCUT2D eigenvalue weighted by atomic mass is 9.97. The zero-order valence-corrected chi connectivity index (χ0v) is 20.9. The van der Waals surface area contributed by atoms with Crippen molar-refractivity contribution in [2.24, 2.45) is 5.92 Å². The van der Waals surface area contributed by atoms with Gasteiger partial charge in [0, 0.05) is 30.1 Å². The lowest BCUT2D eigenvalue weighted by Crippen LogP contribution is -2.43. The van der Waals surface area contributed by atoms with Crippen molar-refractivity contribution in [3.8, 4) is 11.3 Å². The number of carbonyl (C=O) groups is 1. The number of thioether (sulfide) groups is 1. The largest absolute Gasteiger partial charge is 0.438 e. The highest BCUT2D eigenvalue weighted by Gasteiger charge is 2.31. The maximum atomic E-state index is 12.9. The predicted molar refractivity (Wildman–Crippen MR) is 137 cm³/mol. The van der Waals surface area contributed by atoms with Crippen molar-refractivity contribution in [3.05, 3.63) is 72.1 Å². The normalized spacial score (nSPS) is 16.2. The predicted octanol–water partition coefficient (Wildman–Crippen LogP) is 6.16. The molecule has 5 rings (SSSR count). The minimum Gasteiger partial charge on any atom is -0.438 e. The molecule has 4 aromatic rings. The Kier molecular flexibility index (Phi) is 7.10. The molecule has 2 aromatic carbocycles. The van der Waals surface area contributed by atoms with Gasteiger partial charge in [-0.25, -0.2) is 9.97 Å². The van der Waals surface area contributed by atoms with Crippen molar-refractivity contribution >= 4 is 34.6 Å². The van der Waals surface area contributed by atoms with Crippen molar-refractivity contribution in [1.29, 1.82) is 0 Å². The molecule has 1 N–H and O–H groups in total. The molecule has 0 aliphatic carbocycles. The van der Waals surface area contributed by atoms with Crippen LogP contribution >= 0.6 is 11.8 Å². The fraction of sp³-hybridized carbons (Fsp3) is 0.296. The fourth-order valence-electron chi connectivity index (χ4n) is 4.52. The van der Waals surface area contributed by atoms with Gasteiger partial charge in [0.05, 0.1) is 16.9 Å². The number of hydrogen-bond donors (Lipinski definition) is 1. The number of amides is 1. The van der Waals surface area contributed by atoms with E-state index in [1.807, 2.05) is 30.5 Å². The van der Waals surface area contributed by atoms with Crippen LogP contribution in [-0.2, 0) is 17.5 Å². The number of rotatable bonds is 6. The number of aromatic nitrogens is 2. The number of alkyl halides is 3. The Labute approximate surface area is 216 Å². The van der Waals surface area contributed by atoms with Crippen LogP contribution in [0.3, 0.4) is 0 Å². The average molecular weight is 527 g/mol. The van der Waals surface area contributed by atoms with Gasteiger partial charge < -0.3 is 14.6 Å². The number of nitrogens with zero attached hydrogens (tertiary/aromatic N) is 3. The van der Waals surface area contributed by atoms with Crippen molar-refractivity contribution in [3.63, 3.8) is 0 Å². The smallest absolute Gasteiger partial charge is 0.416 e. The van der Waals surface area contributed by atoms with Gasteiger partial charge in [0.25, 0.3) is 0 Å². The zero-order chi connectivity index (χ0) is 26.0. The third-order valence-corrected chi connectivity index (χ3v) is 7.27. The maximum Gasteiger partial charge on any atom is 0.416 e. The number of carbonyl (C=O) groups excluding carboxylic acids is 1. The second kappa shape index (κ2) is 10.5. The molecule has 0 saturated carbocycles. The summed E-state index contributed by atoms with van der Waals surface area (Å²) in [6.07, 6.45) is 0.635. The summed E-state index contributed by atoms with van der Waals surface area (Å²) >= 11 is 1.67. The van der Waals surface area contributed by atoms with Crippen LogP contribution in [0.1, 0.15) is 24.0 Å². The van der Waals surface area contributed by atoms with Crippen LogP contribution in [0.2, 0.25) is 0 Å². The van der Waals surface area contributed by atoms with Crippen LogP contribution in [0, 0.1) is 5.92 Å². The van der Waals surface area contributed by atoms with Gasteiger partial charge in [-0.2, -0.15) is 13.2 Å². The number of fused-ring (bicyclic) bond motifs is 1. The maximum absolute atomic E-state index is 12.9. The molecule has 37 heavy (non-hydrogen) atoms. The van der Waals surface area contributed by atoms with Crippen molar-refractivity contribution in [2.45, 2.75) is 30.5 Å². The topological polar surface area (TPSA) is 71.3 Å². The molecule has 2 aromatic heterocycles. The minimum atomic E-state index is -4.40. The molecule has 1 amide bonds. The van der Waals surface area contributed by atoms with E-state index in [1.165, 1.54) is 23.4 Å². The molecule has 1 atom stereocenters. The third kappa shape index (κ3) is 5.58. The zero-order valence-electron chi connectivity index (χ0n) is 20.1. The fourth-order valence-corrected chi connectivity index (χ4v) is 4.93. The molecule has 3 heterocycles. The SMILES string of the molecule is CSc1ccc(CNC(=O)[C@H]2CCCN(c3ncnc4oc(-c5ccc(C(F)(F)F)cc5)cc34)C2)cc1. The minimum absolute atomic E-state index is 0.00146. The van der Waals surface area contributed by atoms with Gasteiger partial charge in [0.15, 0.2) is 0 Å². The molecule has 0 radical (unpaired) electrons. The van der Waals surface area contributed by atoms with E-state index in [4.69, 9.17) is 4.42 Å². The van der Waals surface area contributed by atoms with Crippen LogP contribution in [-0.4, -0.2) is 35.2 Å². The van der Waals surface area contributed by atoms with E-state index in [-0.39, 0.29) is 11.8 Å². The lowest BCUT2D eigenvalue weighted by Gasteiger charge is -2.33. The van der Waals surface area contributed by atoms with E-state index < -0.39 is 11.7 Å². The highest BCUT2D eigenvalue weighted by Crippen LogP contribution is 2.35. The van der Waals surface area contributed by atoms with Crippen molar-refractivity contribution in [1.82, 2.24) is 15.3 Å². The summed E-state index contributed by atoms with van der Waals surface area (Å²) in [6, 6.07) is 14.7. The number of nitrogens with one attached hydrogen (secondary N) is 1. The van der Waals surface area contributed by atoms with Gasteiger partial charge in [-0.3, -0.25) is 4.79 Å². The molecule has 192 valence electrons. The molecule has 1 aliphatic rings. The van der Waals surface area contributed by atoms with E-state index >= 15 is 0 Å². The monoisotopic (exact) mass is 526 g/mol. The van der Waals surface area contributed by atoms with Gasteiger partial charge in [0.2, 0.25) is 11.6 Å². The summed E-state index contributed by atoms with van der Waals surface area (Å²) in [4.78, 5) is 24.8. The lowest BCUT2D eigenvalue weighted by molar-refractivity contribution is -0.137. The number of halogens is 3. The first kappa shape index (κ1) is 25.1. The Morgan fingerprint density at radius 1 is 1.14 bits per heavy atom. The summed E-state index contributed by atoms with van der Waals surface area (Å²) in [6.45, 7) is 1.71. The first-order valence-corrected chi connectivity index (χ1v) is 13.1. The number of anilines is 1. The quantitative estimate of drug-likeness (QED) is 0.303. The Morgan fingerprint density at radius 2 is 1.89 bits per heavy atom. The van der Waals surface area contributed by atoms with E-state index in [9.17, 15) is 18.0 Å². The van der Waals surface area contributed by atoms with E-state index in [0.717, 1.165) is 37.1 Å². The van der Waals surface area contributed by atoms with E-state index in [2.05, 4.69) is 20.2 Å². The van der Waals surface area contributed by atoms with E-state index in [0.29, 0.717) is 41.3 Å². The molecule has 1 aliphatic heterocycles. The number of benzene rings is 2. The standard InChI is InChI=1S/C27H25F3N4O2S/c1-37-21-10-4-17(5-11-21)14-31-25(35)19-3-2-12-34(15-19)24-22-13-23(36-26(22)33-16-32-24)18-6-8-20(9-7-18)27(28,29)30/h4-11,13,16,19H,2-3,12,14-15H2,1H3,(H,31,35)/t19-/m0/s1. The molecule has 0 bridgehead atoms. The summed E-state index contributed by atoms with van der Waals surface area (Å²) in [5.41, 5.74) is 1.19. The van der Waals surface area contributed by atoms with Crippen molar-refractivity contribution < 1.29 is 22.4 Å². The first-order valence-electron chi connectivity index (χ1n) is 11.9. The van der Waals surface area contributed by atoms with E-state index in [1.54, 1.807) is 17.8 Å². The molecule has 0 unspecified atom stereocenters.